The van der Waals surface area contributed by atoms with Crippen molar-refractivity contribution in [2.45, 2.75) is 6.42 Å². The third-order valence-corrected chi connectivity index (χ3v) is 4.91. The van der Waals surface area contributed by atoms with Crippen LogP contribution < -0.4 is 5.73 Å². The summed E-state index contributed by atoms with van der Waals surface area (Å²) in [6, 6.07) is 10.7. The van der Waals surface area contributed by atoms with Crippen LogP contribution in [-0.4, -0.2) is 59.9 Å². The predicted molar refractivity (Wildman–Crippen MR) is 105 cm³/mol. The first-order valence-corrected chi connectivity index (χ1v) is 9.14. The van der Waals surface area contributed by atoms with E-state index in [9.17, 15) is 18.8 Å². The highest BCUT2D eigenvalue weighted by atomic mass is 19.1. The van der Waals surface area contributed by atoms with Crippen molar-refractivity contribution in [3.63, 3.8) is 0 Å². The summed E-state index contributed by atoms with van der Waals surface area (Å²) in [4.78, 5) is 38.2. The summed E-state index contributed by atoms with van der Waals surface area (Å²) < 4.78 is 14.3. The largest absolute Gasteiger partial charge is 0.366 e. The third-order valence-electron chi connectivity index (χ3n) is 4.91. The Balaban J connectivity index is 1.79. The van der Waals surface area contributed by atoms with Gasteiger partial charge in [-0.05, 0) is 23.8 Å². The second kappa shape index (κ2) is 8.64. The Morgan fingerprint density at radius 2 is 1.69 bits per heavy atom. The second-order valence-electron chi connectivity index (χ2n) is 6.81. The molecule has 0 radical (unpaired) electrons. The molecule has 0 saturated carbocycles. The van der Waals surface area contributed by atoms with Gasteiger partial charge in [0, 0.05) is 49.4 Å². The summed E-state index contributed by atoms with van der Waals surface area (Å²) in [5, 5.41) is 8.34. The molecule has 3 rings (SSSR count). The summed E-state index contributed by atoms with van der Waals surface area (Å²) in [5.41, 5.74) is 6.66. The van der Waals surface area contributed by atoms with E-state index in [0.29, 0.717) is 37.3 Å². The van der Waals surface area contributed by atoms with E-state index < -0.39 is 17.6 Å². The highest BCUT2D eigenvalue weighted by Gasteiger charge is 2.24. The fourth-order valence-corrected chi connectivity index (χ4v) is 3.31. The Bertz CT molecular complexity index is 968. The number of nitrogens with one attached hydrogen (secondary N) is 1. The van der Waals surface area contributed by atoms with Crippen molar-refractivity contribution in [2.24, 2.45) is 5.73 Å². The lowest BCUT2D eigenvalue weighted by Crippen LogP contribution is -2.48. The van der Waals surface area contributed by atoms with Crippen LogP contribution >= 0.6 is 0 Å². The summed E-state index contributed by atoms with van der Waals surface area (Å²) >= 11 is 0. The fraction of sp³-hybridized carbons (Fsp3) is 0.238. The third kappa shape index (κ3) is 4.48. The predicted octanol–water partition coefficient (Wildman–Crippen LogP) is 1.45. The first-order chi connectivity index (χ1) is 13.9. The molecule has 7 nitrogen and oxygen atoms in total. The van der Waals surface area contributed by atoms with Crippen molar-refractivity contribution < 1.29 is 18.8 Å². The lowest BCUT2D eigenvalue weighted by molar-refractivity contribution is -0.119. The minimum Gasteiger partial charge on any atom is -0.366 e. The van der Waals surface area contributed by atoms with Crippen LogP contribution in [0.25, 0.3) is 0 Å². The van der Waals surface area contributed by atoms with Crippen LogP contribution in [-0.2, 0) is 11.2 Å². The maximum Gasteiger partial charge on any atom is 0.256 e. The van der Waals surface area contributed by atoms with Crippen LogP contribution in [0, 0.1) is 11.2 Å². The number of carbonyl (C=O) groups excluding carboxylic acids is 3. The second-order valence-corrected chi connectivity index (χ2v) is 6.81. The molecule has 2 aromatic rings. The van der Waals surface area contributed by atoms with Gasteiger partial charge in [-0.25, -0.2) is 4.39 Å². The van der Waals surface area contributed by atoms with Crippen molar-refractivity contribution in [3.8, 4) is 0 Å². The summed E-state index contributed by atoms with van der Waals surface area (Å²) in [6.45, 7) is 1.49. The number of amides is 3. The zero-order chi connectivity index (χ0) is 21.0. The van der Waals surface area contributed by atoms with Crippen LogP contribution in [0.1, 0.15) is 31.8 Å². The van der Waals surface area contributed by atoms with Crippen molar-refractivity contribution in [1.82, 2.24) is 9.80 Å². The number of hydrogen-bond acceptors (Lipinski definition) is 4. The zero-order valence-corrected chi connectivity index (χ0v) is 15.7. The van der Waals surface area contributed by atoms with Crippen LogP contribution in [0.4, 0.5) is 4.39 Å². The summed E-state index contributed by atoms with van der Waals surface area (Å²) in [5.74, 6) is -1.71. The minimum atomic E-state index is -0.638. The normalized spacial score (nSPS) is 13.8. The van der Waals surface area contributed by atoms with E-state index >= 15 is 0 Å². The lowest BCUT2D eigenvalue weighted by Gasteiger charge is -2.32. The SMILES string of the molecule is N=C(Cc1ccc(F)c(C(=O)N2CCN(C=O)CC2)c1)c1ccccc1C(N)=O. The maximum absolute atomic E-state index is 14.3. The molecule has 0 unspecified atom stereocenters. The molecular weight excluding hydrogens is 375 g/mol. The molecule has 1 heterocycles. The van der Waals surface area contributed by atoms with Gasteiger partial charge >= 0.3 is 0 Å². The average molecular weight is 396 g/mol. The molecular formula is C21H21FN4O3. The number of nitrogens with zero attached hydrogens (tertiary/aromatic N) is 2. The molecule has 0 atom stereocenters. The van der Waals surface area contributed by atoms with Gasteiger partial charge in [0.05, 0.1) is 5.56 Å². The van der Waals surface area contributed by atoms with E-state index in [0.717, 1.165) is 6.41 Å². The van der Waals surface area contributed by atoms with Crippen molar-refractivity contribution in [3.05, 3.63) is 70.5 Å². The number of nitrogens with two attached hydrogens (primary N) is 1. The van der Waals surface area contributed by atoms with Gasteiger partial charge in [-0.1, -0.05) is 24.3 Å². The quantitative estimate of drug-likeness (QED) is 0.570. The summed E-state index contributed by atoms with van der Waals surface area (Å²) in [7, 11) is 0. The molecule has 3 amide bonds. The monoisotopic (exact) mass is 396 g/mol. The van der Waals surface area contributed by atoms with Gasteiger partial charge in [-0.3, -0.25) is 14.4 Å². The number of carbonyl (C=O) groups is 3. The number of hydrogen-bond donors (Lipinski definition) is 2. The molecule has 150 valence electrons. The topological polar surface area (TPSA) is 108 Å². The fourth-order valence-electron chi connectivity index (χ4n) is 3.31. The molecule has 0 aliphatic carbocycles. The molecule has 2 aromatic carbocycles. The Kier molecular flexibility index (Phi) is 6.01. The van der Waals surface area contributed by atoms with Crippen LogP contribution in [0.5, 0.6) is 0 Å². The van der Waals surface area contributed by atoms with Gasteiger partial charge in [0.15, 0.2) is 0 Å². The molecule has 1 aliphatic heterocycles. The van der Waals surface area contributed by atoms with Gasteiger partial charge < -0.3 is 20.9 Å². The molecule has 1 saturated heterocycles. The number of halogens is 1. The lowest BCUT2D eigenvalue weighted by atomic mass is 9.96. The van der Waals surface area contributed by atoms with Crippen LogP contribution in [0.15, 0.2) is 42.5 Å². The van der Waals surface area contributed by atoms with E-state index in [4.69, 9.17) is 11.1 Å². The van der Waals surface area contributed by atoms with Gasteiger partial charge in [0.25, 0.3) is 5.91 Å². The molecule has 1 fully saturated rings. The Morgan fingerprint density at radius 1 is 1.03 bits per heavy atom. The van der Waals surface area contributed by atoms with Gasteiger partial charge in [-0.15, -0.1) is 0 Å². The van der Waals surface area contributed by atoms with E-state index in [2.05, 4.69) is 0 Å². The van der Waals surface area contributed by atoms with E-state index in [1.54, 1.807) is 29.2 Å². The van der Waals surface area contributed by atoms with E-state index in [1.165, 1.54) is 23.1 Å². The number of benzene rings is 2. The van der Waals surface area contributed by atoms with Crippen molar-refractivity contribution in [2.75, 3.05) is 26.2 Å². The molecule has 1 aliphatic rings. The minimum absolute atomic E-state index is 0.0713. The first-order valence-electron chi connectivity index (χ1n) is 9.14. The highest BCUT2D eigenvalue weighted by Crippen LogP contribution is 2.18. The number of rotatable bonds is 6. The average Bonchev–Trinajstić information content (AvgIpc) is 2.74. The van der Waals surface area contributed by atoms with Crippen LogP contribution in [0.2, 0.25) is 0 Å². The molecule has 8 heteroatoms. The zero-order valence-electron chi connectivity index (χ0n) is 15.7. The van der Waals surface area contributed by atoms with Crippen molar-refractivity contribution >= 4 is 23.9 Å². The molecule has 0 bridgehead atoms. The maximum atomic E-state index is 14.3. The van der Waals surface area contributed by atoms with Gasteiger partial charge in [-0.2, -0.15) is 0 Å². The van der Waals surface area contributed by atoms with Gasteiger partial charge in [0.1, 0.15) is 5.82 Å². The Hall–Kier alpha value is -3.55. The van der Waals surface area contributed by atoms with Crippen molar-refractivity contribution in [1.29, 1.82) is 5.41 Å². The molecule has 29 heavy (non-hydrogen) atoms. The Morgan fingerprint density at radius 3 is 2.31 bits per heavy atom. The molecule has 0 aromatic heterocycles. The van der Waals surface area contributed by atoms with Crippen LogP contribution in [0.3, 0.4) is 0 Å². The summed E-state index contributed by atoms with van der Waals surface area (Å²) in [6.07, 6.45) is 0.850. The molecule has 0 spiro atoms. The molecule has 3 N–H and O–H groups in total. The standard InChI is InChI=1S/C21H21FN4O3/c22-18-6-5-14(12-19(23)15-3-1-2-4-16(15)20(24)28)11-17(18)21(29)26-9-7-25(13-27)8-10-26/h1-6,11,13,23H,7-10,12H2,(H2,24,28). The van der Waals surface area contributed by atoms with E-state index in [-0.39, 0.29) is 23.3 Å². The number of primary amides is 1. The Labute approximate surface area is 167 Å². The smallest absolute Gasteiger partial charge is 0.256 e. The highest BCUT2D eigenvalue weighted by molar-refractivity contribution is 6.09. The number of piperazine rings is 1. The van der Waals surface area contributed by atoms with Gasteiger partial charge in [0.2, 0.25) is 12.3 Å². The first kappa shape index (κ1) is 20.2. The van der Waals surface area contributed by atoms with E-state index in [1.807, 2.05) is 0 Å².